The molecule has 2 aromatic carbocycles. The summed E-state index contributed by atoms with van der Waals surface area (Å²) in [7, 11) is 0. The summed E-state index contributed by atoms with van der Waals surface area (Å²) in [4.78, 5) is 19.3. The second kappa shape index (κ2) is 9.13. The van der Waals surface area contributed by atoms with Crippen LogP contribution in [-0.4, -0.2) is 33.4 Å². The van der Waals surface area contributed by atoms with E-state index in [9.17, 15) is 9.18 Å². The fourth-order valence-electron chi connectivity index (χ4n) is 4.16. The summed E-state index contributed by atoms with van der Waals surface area (Å²) >= 11 is 0. The van der Waals surface area contributed by atoms with Gasteiger partial charge in [0.1, 0.15) is 11.6 Å². The zero-order valence-corrected chi connectivity index (χ0v) is 17.6. The molecule has 0 aliphatic carbocycles. The van der Waals surface area contributed by atoms with Gasteiger partial charge in [-0.2, -0.15) is 5.26 Å². The molecule has 2 heterocycles. The highest BCUT2D eigenvalue weighted by molar-refractivity contribution is 5.94. The first kappa shape index (κ1) is 20.8. The van der Waals surface area contributed by atoms with Crippen LogP contribution in [0.3, 0.4) is 0 Å². The van der Waals surface area contributed by atoms with Crippen LogP contribution < -0.4 is 0 Å². The minimum atomic E-state index is -0.230. The van der Waals surface area contributed by atoms with Gasteiger partial charge in [-0.05, 0) is 61.6 Å². The fraction of sp³-hybridized carbons (Fsp3) is 0.320. The Bertz CT molecular complexity index is 1110. The van der Waals surface area contributed by atoms with Gasteiger partial charge in [0.2, 0.25) is 0 Å². The van der Waals surface area contributed by atoms with Gasteiger partial charge in [-0.1, -0.05) is 18.2 Å². The molecule has 31 heavy (non-hydrogen) atoms. The molecule has 0 N–H and O–H groups in total. The van der Waals surface area contributed by atoms with E-state index in [-0.39, 0.29) is 11.7 Å². The molecule has 1 fully saturated rings. The van der Waals surface area contributed by atoms with Gasteiger partial charge in [0.15, 0.2) is 0 Å². The van der Waals surface area contributed by atoms with Gasteiger partial charge in [0.25, 0.3) is 5.91 Å². The van der Waals surface area contributed by atoms with E-state index in [0.717, 1.165) is 36.3 Å². The summed E-state index contributed by atoms with van der Waals surface area (Å²) in [6.07, 6.45) is 4.60. The van der Waals surface area contributed by atoms with Crippen LogP contribution in [0.1, 0.15) is 45.8 Å². The van der Waals surface area contributed by atoms with E-state index < -0.39 is 0 Å². The van der Waals surface area contributed by atoms with Crippen molar-refractivity contribution in [3.63, 3.8) is 0 Å². The lowest BCUT2D eigenvalue weighted by atomic mass is 9.92. The Kier molecular flexibility index (Phi) is 6.13. The number of piperidine rings is 1. The molecule has 0 unspecified atom stereocenters. The molecule has 1 amide bonds. The monoisotopic (exact) mass is 416 g/mol. The van der Waals surface area contributed by atoms with Crippen molar-refractivity contribution in [2.75, 3.05) is 13.1 Å². The lowest BCUT2D eigenvalue weighted by Gasteiger charge is -2.32. The van der Waals surface area contributed by atoms with E-state index in [0.29, 0.717) is 36.7 Å². The Morgan fingerprint density at radius 3 is 2.65 bits per heavy atom. The molecule has 1 aliphatic rings. The van der Waals surface area contributed by atoms with Crippen molar-refractivity contribution < 1.29 is 9.18 Å². The zero-order valence-electron chi connectivity index (χ0n) is 17.6. The first-order valence-corrected chi connectivity index (χ1v) is 10.6. The number of carbonyl (C=O) groups is 1. The lowest BCUT2D eigenvalue weighted by Crippen LogP contribution is -2.39. The summed E-state index contributed by atoms with van der Waals surface area (Å²) in [6.45, 7) is 4.13. The van der Waals surface area contributed by atoms with Crippen LogP contribution in [0.25, 0.3) is 0 Å². The number of amides is 1. The summed E-state index contributed by atoms with van der Waals surface area (Å²) in [5, 5.41) is 9.06. The highest BCUT2D eigenvalue weighted by Gasteiger charge is 2.25. The Hall–Kier alpha value is -3.46. The van der Waals surface area contributed by atoms with Gasteiger partial charge < -0.3 is 9.47 Å². The number of aromatic nitrogens is 2. The van der Waals surface area contributed by atoms with Crippen molar-refractivity contribution in [1.82, 2.24) is 14.5 Å². The molecule has 3 aromatic rings. The van der Waals surface area contributed by atoms with Crippen molar-refractivity contribution in [2.24, 2.45) is 5.92 Å². The van der Waals surface area contributed by atoms with Gasteiger partial charge >= 0.3 is 0 Å². The molecule has 0 spiro atoms. The lowest BCUT2D eigenvalue weighted by molar-refractivity contribution is 0.0689. The van der Waals surface area contributed by atoms with E-state index in [1.54, 1.807) is 24.3 Å². The van der Waals surface area contributed by atoms with Crippen LogP contribution in [0.2, 0.25) is 0 Å². The second-order valence-corrected chi connectivity index (χ2v) is 8.16. The number of rotatable bonds is 5. The minimum absolute atomic E-state index is 0.01000. The number of benzene rings is 2. The number of nitrogens with zero attached hydrogens (tertiary/aromatic N) is 4. The van der Waals surface area contributed by atoms with E-state index in [2.05, 4.69) is 15.6 Å². The third-order valence-electron chi connectivity index (χ3n) is 6.00. The second-order valence-electron chi connectivity index (χ2n) is 8.16. The molecule has 0 radical (unpaired) electrons. The van der Waals surface area contributed by atoms with E-state index in [4.69, 9.17) is 5.26 Å². The van der Waals surface area contributed by atoms with Crippen molar-refractivity contribution in [2.45, 2.75) is 32.7 Å². The first-order chi connectivity index (χ1) is 15.0. The SMILES string of the molecule is Cc1cnc(CC2CCN(C(=O)c3cccc(C#N)c3)CC2)n1Cc1ccc(F)cc1. The topological polar surface area (TPSA) is 61.9 Å². The molecular formula is C25H25FN4O. The van der Waals surface area contributed by atoms with Gasteiger partial charge in [-0.15, -0.1) is 0 Å². The first-order valence-electron chi connectivity index (χ1n) is 10.6. The molecule has 5 nitrogen and oxygen atoms in total. The Labute approximate surface area is 181 Å². The van der Waals surface area contributed by atoms with Crippen LogP contribution >= 0.6 is 0 Å². The van der Waals surface area contributed by atoms with Crippen molar-refractivity contribution in [1.29, 1.82) is 5.26 Å². The number of nitriles is 1. The van der Waals surface area contributed by atoms with Crippen LogP contribution in [-0.2, 0) is 13.0 Å². The number of hydrogen-bond donors (Lipinski definition) is 0. The molecule has 1 saturated heterocycles. The average Bonchev–Trinajstić information content (AvgIpc) is 3.14. The largest absolute Gasteiger partial charge is 0.339 e. The average molecular weight is 417 g/mol. The number of halogens is 1. The normalized spacial score (nSPS) is 14.4. The molecule has 1 aromatic heterocycles. The van der Waals surface area contributed by atoms with Crippen molar-refractivity contribution >= 4 is 5.91 Å². The minimum Gasteiger partial charge on any atom is -0.339 e. The van der Waals surface area contributed by atoms with Gasteiger partial charge in [-0.25, -0.2) is 9.37 Å². The standard InChI is InChI=1S/C25H25FN4O/c1-18-16-28-24(30(18)17-20-5-7-23(26)8-6-20)14-19-9-11-29(12-10-19)25(31)22-4-2-3-21(13-22)15-27/h2-8,13,16,19H,9-12,14,17H2,1H3. The number of likely N-dealkylation sites (tertiary alicyclic amines) is 1. The number of carbonyl (C=O) groups excluding carboxylic acids is 1. The Morgan fingerprint density at radius 2 is 1.94 bits per heavy atom. The maximum atomic E-state index is 13.2. The predicted octanol–water partition coefficient (Wildman–Crippen LogP) is 4.35. The van der Waals surface area contributed by atoms with Crippen molar-refractivity contribution in [3.05, 3.63) is 88.8 Å². The number of hydrogen-bond acceptors (Lipinski definition) is 3. The summed E-state index contributed by atoms with van der Waals surface area (Å²) in [6, 6.07) is 15.6. The molecule has 0 bridgehead atoms. The molecule has 1 aliphatic heterocycles. The maximum absolute atomic E-state index is 13.2. The molecule has 0 saturated carbocycles. The fourth-order valence-corrected chi connectivity index (χ4v) is 4.16. The van der Waals surface area contributed by atoms with Crippen LogP contribution in [0, 0.1) is 30.0 Å². The van der Waals surface area contributed by atoms with Gasteiger partial charge in [0, 0.05) is 43.5 Å². The number of imidazole rings is 1. The highest BCUT2D eigenvalue weighted by atomic mass is 19.1. The zero-order chi connectivity index (χ0) is 21.8. The highest BCUT2D eigenvalue weighted by Crippen LogP contribution is 2.24. The van der Waals surface area contributed by atoms with E-state index in [1.165, 1.54) is 12.1 Å². The number of aryl methyl sites for hydroxylation is 1. The van der Waals surface area contributed by atoms with Crippen LogP contribution in [0.4, 0.5) is 4.39 Å². The third-order valence-corrected chi connectivity index (χ3v) is 6.00. The molecular weight excluding hydrogens is 391 g/mol. The van der Waals surface area contributed by atoms with Gasteiger partial charge in [0.05, 0.1) is 11.6 Å². The summed E-state index contributed by atoms with van der Waals surface area (Å²) in [5.74, 6) is 1.26. The molecule has 4 rings (SSSR count). The summed E-state index contributed by atoms with van der Waals surface area (Å²) < 4.78 is 15.4. The molecule has 6 heteroatoms. The molecule has 0 atom stereocenters. The maximum Gasteiger partial charge on any atom is 0.253 e. The van der Waals surface area contributed by atoms with Crippen LogP contribution in [0.15, 0.2) is 54.7 Å². The van der Waals surface area contributed by atoms with Crippen LogP contribution in [0.5, 0.6) is 0 Å². The Morgan fingerprint density at radius 1 is 1.19 bits per heavy atom. The van der Waals surface area contributed by atoms with Crippen molar-refractivity contribution in [3.8, 4) is 6.07 Å². The van der Waals surface area contributed by atoms with Gasteiger partial charge in [-0.3, -0.25) is 4.79 Å². The quantitative estimate of drug-likeness (QED) is 0.621. The van der Waals surface area contributed by atoms with E-state index >= 15 is 0 Å². The van der Waals surface area contributed by atoms with E-state index in [1.807, 2.05) is 30.2 Å². The third kappa shape index (κ3) is 4.83. The summed E-state index contributed by atoms with van der Waals surface area (Å²) in [5.41, 5.74) is 3.21. The Balaban J connectivity index is 1.37. The predicted molar refractivity (Wildman–Crippen MR) is 116 cm³/mol. The molecule has 158 valence electrons. The smallest absolute Gasteiger partial charge is 0.253 e.